The van der Waals surface area contributed by atoms with Gasteiger partial charge in [-0.2, -0.15) is 0 Å². The summed E-state index contributed by atoms with van der Waals surface area (Å²) in [4.78, 5) is 48.2. The third-order valence-electron chi connectivity index (χ3n) is 4.42. The Morgan fingerprint density at radius 1 is 1.16 bits per heavy atom. The van der Waals surface area contributed by atoms with Crippen molar-refractivity contribution in [3.63, 3.8) is 0 Å². The first-order chi connectivity index (χ1) is 14.8. The highest BCUT2D eigenvalue weighted by atomic mass is 79.9. The predicted molar refractivity (Wildman–Crippen MR) is 109 cm³/mol. The number of nitro benzene ring substituents is 1. The molecular formula is C20H12BrN3O7. The van der Waals surface area contributed by atoms with Crippen molar-refractivity contribution in [1.29, 1.82) is 0 Å². The van der Waals surface area contributed by atoms with Crippen LogP contribution in [0.25, 0.3) is 17.4 Å². The van der Waals surface area contributed by atoms with Crippen LogP contribution in [0.15, 0.2) is 67.6 Å². The van der Waals surface area contributed by atoms with Gasteiger partial charge in [-0.05, 0) is 52.3 Å². The van der Waals surface area contributed by atoms with E-state index in [2.05, 4.69) is 21.2 Å². The molecule has 3 heterocycles. The molecule has 0 bridgehead atoms. The summed E-state index contributed by atoms with van der Waals surface area (Å²) in [5, 5.41) is 13.0. The molecule has 1 aromatic carbocycles. The molecule has 0 unspecified atom stereocenters. The van der Waals surface area contributed by atoms with Crippen molar-refractivity contribution in [3.8, 4) is 11.3 Å². The number of furan rings is 2. The molecule has 4 rings (SSSR count). The quantitative estimate of drug-likeness (QED) is 0.250. The summed E-state index contributed by atoms with van der Waals surface area (Å²) in [5.41, 5.74) is 0.175. The Bertz CT molecular complexity index is 1240. The van der Waals surface area contributed by atoms with Gasteiger partial charge in [-0.25, -0.2) is 4.79 Å². The van der Waals surface area contributed by atoms with E-state index in [4.69, 9.17) is 8.83 Å². The van der Waals surface area contributed by atoms with Crippen LogP contribution in [0.2, 0.25) is 0 Å². The number of amides is 4. The van der Waals surface area contributed by atoms with Crippen molar-refractivity contribution in [1.82, 2.24) is 10.2 Å². The molecular weight excluding hydrogens is 474 g/mol. The number of imide groups is 2. The average molecular weight is 486 g/mol. The number of nitrogens with one attached hydrogen (secondary N) is 1. The monoisotopic (exact) mass is 485 g/mol. The Hall–Kier alpha value is -3.99. The van der Waals surface area contributed by atoms with E-state index in [-0.39, 0.29) is 23.6 Å². The second kappa shape index (κ2) is 8.03. The molecule has 1 aliphatic heterocycles. The van der Waals surface area contributed by atoms with Gasteiger partial charge in [0, 0.05) is 22.2 Å². The Kier molecular flexibility index (Phi) is 5.26. The van der Waals surface area contributed by atoms with Gasteiger partial charge < -0.3 is 8.83 Å². The molecule has 11 heteroatoms. The Morgan fingerprint density at radius 3 is 2.65 bits per heavy atom. The van der Waals surface area contributed by atoms with Gasteiger partial charge in [0.05, 0.1) is 17.7 Å². The van der Waals surface area contributed by atoms with Crippen molar-refractivity contribution in [2.24, 2.45) is 0 Å². The SMILES string of the molecule is O=C1NC(=O)N(Cc2ccco2)C(=O)C1=Cc1ccc(-c2ccc([N+](=O)[O-])cc2Br)o1. The number of carbonyl (C=O) groups excluding carboxylic acids is 3. The number of hydrogen-bond donors (Lipinski definition) is 1. The average Bonchev–Trinajstić information content (AvgIpc) is 3.40. The minimum atomic E-state index is -0.849. The maximum absolute atomic E-state index is 12.7. The minimum absolute atomic E-state index is 0.0877. The molecule has 0 aliphatic carbocycles. The van der Waals surface area contributed by atoms with E-state index in [9.17, 15) is 24.5 Å². The van der Waals surface area contributed by atoms with Crippen LogP contribution in [-0.2, 0) is 16.1 Å². The molecule has 0 atom stereocenters. The van der Waals surface area contributed by atoms with Crippen LogP contribution in [0.4, 0.5) is 10.5 Å². The zero-order valence-corrected chi connectivity index (χ0v) is 17.1. The first kappa shape index (κ1) is 20.3. The van der Waals surface area contributed by atoms with Crippen LogP contribution in [0.5, 0.6) is 0 Å². The minimum Gasteiger partial charge on any atom is -0.467 e. The molecule has 0 spiro atoms. The van der Waals surface area contributed by atoms with E-state index in [1.807, 2.05) is 0 Å². The van der Waals surface area contributed by atoms with Gasteiger partial charge in [0.15, 0.2) is 0 Å². The third-order valence-corrected chi connectivity index (χ3v) is 5.08. The fraction of sp³-hybridized carbons (Fsp3) is 0.0500. The molecule has 1 N–H and O–H groups in total. The maximum Gasteiger partial charge on any atom is 0.331 e. The largest absolute Gasteiger partial charge is 0.467 e. The molecule has 2 aromatic heterocycles. The van der Waals surface area contributed by atoms with Crippen molar-refractivity contribution in [2.75, 3.05) is 0 Å². The molecule has 1 aliphatic rings. The van der Waals surface area contributed by atoms with Crippen molar-refractivity contribution in [3.05, 3.63) is 80.4 Å². The van der Waals surface area contributed by atoms with Crippen LogP contribution in [0.3, 0.4) is 0 Å². The number of halogens is 1. The maximum atomic E-state index is 12.7. The number of urea groups is 1. The number of hydrogen-bond acceptors (Lipinski definition) is 7. The lowest BCUT2D eigenvalue weighted by Gasteiger charge is -2.25. The summed E-state index contributed by atoms with van der Waals surface area (Å²) in [6.07, 6.45) is 2.63. The van der Waals surface area contributed by atoms with E-state index in [0.717, 1.165) is 4.90 Å². The first-order valence-electron chi connectivity index (χ1n) is 8.79. The van der Waals surface area contributed by atoms with Crippen LogP contribution >= 0.6 is 15.9 Å². The van der Waals surface area contributed by atoms with Crippen molar-refractivity contribution >= 4 is 45.5 Å². The van der Waals surface area contributed by atoms with Crippen LogP contribution in [-0.4, -0.2) is 27.7 Å². The molecule has 156 valence electrons. The van der Waals surface area contributed by atoms with Gasteiger partial charge in [0.25, 0.3) is 17.5 Å². The fourth-order valence-corrected chi connectivity index (χ4v) is 3.49. The highest BCUT2D eigenvalue weighted by Crippen LogP contribution is 2.33. The molecule has 0 radical (unpaired) electrons. The second-order valence-corrected chi connectivity index (χ2v) is 7.27. The summed E-state index contributed by atoms with van der Waals surface area (Å²) < 4.78 is 11.3. The lowest BCUT2D eigenvalue weighted by Crippen LogP contribution is -2.53. The highest BCUT2D eigenvalue weighted by Gasteiger charge is 2.36. The van der Waals surface area contributed by atoms with E-state index < -0.39 is 22.8 Å². The molecule has 3 aromatic rings. The smallest absolute Gasteiger partial charge is 0.331 e. The van der Waals surface area contributed by atoms with Gasteiger partial charge in [0.1, 0.15) is 22.9 Å². The van der Waals surface area contributed by atoms with Crippen LogP contribution in [0.1, 0.15) is 11.5 Å². The van der Waals surface area contributed by atoms with E-state index in [1.165, 1.54) is 36.6 Å². The zero-order valence-electron chi connectivity index (χ0n) is 15.5. The summed E-state index contributed by atoms with van der Waals surface area (Å²) in [6, 6.07) is 9.67. The number of carbonyl (C=O) groups is 3. The highest BCUT2D eigenvalue weighted by molar-refractivity contribution is 9.10. The Morgan fingerprint density at radius 2 is 1.97 bits per heavy atom. The summed E-state index contributed by atoms with van der Waals surface area (Å²) in [6.45, 7) is -0.137. The lowest BCUT2D eigenvalue weighted by atomic mass is 10.1. The topological polar surface area (TPSA) is 136 Å². The number of rotatable bonds is 5. The van der Waals surface area contributed by atoms with Gasteiger partial charge >= 0.3 is 6.03 Å². The lowest BCUT2D eigenvalue weighted by molar-refractivity contribution is -0.384. The van der Waals surface area contributed by atoms with Gasteiger partial charge in [0.2, 0.25) is 0 Å². The predicted octanol–water partition coefficient (Wildman–Crippen LogP) is 3.87. The Balaban J connectivity index is 1.61. The van der Waals surface area contributed by atoms with Crippen molar-refractivity contribution in [2.45, 2.75) is 6.54 Å². The van der Waals surface area contributed by atoms with Crippen molar-refractivity contribution < 1.29 is 28.1 Å². The number of non-ortho nitro benzene ring substituents is 1. The molecule has 1 saturated heterocycles. The number of nitrogens with zero attached hydrogens (tertiary/aromatic N) is 2. The van der Waals surface area contributed by atoms with Crippen LogP contribution in [0, 0.1) is 10.1 Å². The number of barbiturate groups is 1. The van der Waals surface area contributed by atoms with E-state index >= 15 is 0 Å². The van der Waals surface area contributed by atoms with E-state index in [1.54, 1.807) is 18.2 Å². The van der Waals surface area contributed by atoms with E-state index in [0.29, 0.717) is 21.6 Å². The zero-order chi connectivity index (χ0) is 22.1. The van der Waals surface area contributed by atoms with Gasteiger partial charge in [-0.1, -0.05) is 0 Å². The first-order valence-corrected chi connectivity index (χ1v) is 9.58. The third kappa shape index (κ3) is 4.03. The fourth-order valence-electron chi connectivity index (χ4n) is 2.93. The Labute approximate surface area is 182 Å². The summed E-state index contributed by atoms with van der Waals surface area (Å²) in [5.74, 6) is -0.716. The summed E-state index contributed by atoms with van der Waals surface area (Å²) >= 11 is 3.27. The van der Waals surface area contributed by atoms with Gasteiger partial charge in [-0.3, -0.25) is 29.9 Å². The molecule has 31 heavy (non-hydrogen) atoms. The second-order valence-electron chi connectivity index (χ2n) is 6.41. The molecule has 1 fully saturated rings. The molecule has 4 amide bonds. The van der Waals surface area contributed by atoms with Crippen LogP contribution < -0.4 is 5.32 Å². The number of benzene rings is 1. The summed E-state index contributed by atoms with van der Waals surface area (Å²) in [7, 11) is 0. The normalized spacial score (nSPS) is 15.5. The number of nitro groups is 1. The standard InChI is InChI=1S/C20H12BrN3O7/c21-16-8-11(24(28)29)3-5-14(16)17-6-4-12(31-17)9-15-18(25)22-20(27)23(19(15)26)10-13-2-1-7-30-13/h1-9H,10H2,(H,22,25,27). The van der Waals surface area contributed by atoms with Gasteiger partial charge in [-0.15, -0.1) is 0 Å². The molecule has 10 nitrogen and oxygen atoms in total. The molecule has 0 saturated carbocycles.